The highest BCUT2D eigenvalue weighted by Gasteiger charge is 2.21. The number of rotatable bonds is 8. The van der Waals surface area contributed by atoms with Gasteiger partial charge >= 0.3 is 0 Å². The van der Waals surface area contributed by atoms with Gasteiger partial charge in [-0.15, -0.1) is 11.3 Å². The van der Waals surface area contributed by atoms with Gasteiger partial charge in [0.05, 0.1) is 21.3 Å². The second-order valence-corrected chi connectivity index (χ2v) is 11.9. The number of piperidine rings is 1. The molecule has 0 bridgehead atoms. The molecule has 3 heterocycles. The Labute approximate surface area is 262 Å². The molecular weight excluding hydrogens is 601 g/mol. The number of halogens is 3. The first kappa shape index (κ1) is 30.2. The molecular formula is C33H29F3N6O2S. The highest BCUT2D eigenvalue weighted by Crippen LogP contribution is 2.37. The number of hydrogen-bond donors (Lipinski definition) is 2. The van der Waals surface area contributed by atoms with Gasteiger partial charge < -0.3 is 20.3 Å². The molecule has 0 saturated carbocycles. The third-order valence-corrected chi connectivity index (χ3v) is 8.35. The predicted molar refractivity (Wildman–Crippen MR) is 168 cm³/mol. The molecule has 45 heavy (non-hydrogen) atoms. The molecule has 0 atom stereocenters. The number of nitrogens with zero attached hydrogens (tertiary/aromatic N) is 4. The minimum atomic E-state index is -0.950. The molecule has 230 valence electrons. The van der Waals surface area contributed by atoms with Crippen LogP contribution in [0.15, 0.2) is 72.9 Å². The first-order chi connectivity index (χ1) is 21.7. The standard InChI is InChI=1S/C33H29F3N6O2S/c1-19-38-30(20-5-3-6-21(17-20)39-32(43)29-24(34)7-4-8-25(29)35)31(45-19)27-11-14-37-33(41-27)40-22-9-10-28(26(36)18-22)44-23-12-15-42(2)16-13-23/h3-11,14,17-18,23H,12-13,15-16H2,1-2H3,(H,39,43)(H,37,40,41). The van der Waals surface area contributed by atoms with Gasteiger partial charge in [0.2, 0.25) is 5.95 Å². The Balaban J connectivity index is 1.20. The van der Waals surface area contributed by atoms with E-state index in [1.165, 1.54) is 23.5 Å². The number of hydrogen-bond acceptors (Lipinski definition) is 8. The van der Waals surface area contributed by atoms with Crippen LogP contribution in [0.3, 0.4) is 0 Å². The van der Waals surface area contributed by atoms with Crippen LogP contribution in [0.4, 0.5) is 30.5 Å². The van der Waals surface area contributed by atoms with Crippen LogP contribution >= 0.6 is 11.3 Å². The first-order valence-corrected chi connectivity index (χ1v) is 15.1. The molecule has 1 aliphatic rings. The second kappa shape index (κ2) is 13.0. The van der Waals surface area contributed by atoms with Gasteiger partial charge in [0.1, 0.15) is 23.3 Å². The monoisotopic (exact) mass is 630 g/mol. The third-order valence-electron chi connectivity index (χ3n) is 7.35. The number of thiazole rings is 1. The van der Waals surface area contributed by atoms with Gasteiger partial charge in [0.25, 0.3) is 5.91 Å². The van der Waals surface area contributed by atoms with Crippen LogP contribution in [-0.2, 0) is 0 Å². The van der Waals surface area contributed by atoms with Crippen LogP contribution in [0.2, 0.25) is 0 Å². The number of ether oxygens (including phenoxy) is 1. The van der Waals surface area contributed by atoms with Crippen molar-refractivity contribution >= 4 is 34.6 Å². The molecule has 3 aromatic carbocycles. The van der Waals surface area contributed by atoms with E-state index in [-0.39, 0.29) is 17.8 Å². The van der Waals surface area contributed by atoms with Gasteiger partial charge in [-0.05, 0) is 69.3 Å². The van der Waals surface area contributed by atoms with Crippen molar-refractivity contribution in [2.45, 2.75) is 25.9 Å². The summed E-state index contributed by atoms with van der Waals surface area (Å²) in [5.74, 6) is -2.79. The number of benzene rings is 3. The SMILES string of the molecule is Cc1nc(-c2cccc(NC(=O)c3c(F)cccc3F)c2)c(-c2ccnc(Nc3ccc(OC4CCN(C)CC4)c(F)c3)n2)s1. The Morgan fingerprint density at radius 3 is 2.44 bits per heavy atom. The first-order valence-electron chi connectivity index (χ1n) is 14.3. The van der Waals surface area contributed by atoms with Crippen LogP contribution in [0.5, 0.6) is 5.75 Å². The fourth-order valence-corrected chi connectivity index (χ4v) is 5.99. The number of amides is 1. The van der Waals surface area contributed by atoms with Crippen LogP contribution in [0.1, 0.15) is 28.2 Å². The molecule has 2 N–H and O–H groups in total. The van der Waals surface area contributed by atoms with E-state index in [1.807, 2.05) is 13.0 Å². The minimum Gasteiger partial charge on any atom is -0.487 e. The summed E-state index contributed by atoms with van der Waals surface area (Å²) in [5, 5.41) is 6.41. The number of aromatic nitrogens is 3. The zero-order valence-corrected chi connectivity index (χ0v) is 25.3. The second-order valence-electron chi connectivity index (χ2n) is 10.7. The summed E-state index contributed by atoms with van der Waals surface area (Å²) in [4.78, 5) is 29.3. The largest absolute Gasteiger partial charge is 0.487 e. The van der Waals surface area contributed by atoms with Crippen molar-refractivity contribution in [1.82, 2.24) is 19.9 Å². The molecule has 1 aliphatic heterocycles. The van der Waals surface area contributed by atoms with E-state index in [4.69, 9.17) is 4.74 Å². The van der Waals surface area contributed by atoms with Crippen molar-refractivity contribution in [3.8, 4) is 27.6 Å². The van der Waals surface area contributed by atoms with E-state index in [0.29, 0.717) is 28.3 Å². The quantitative estimate of drug-likeness (QED) is 0.184. The Bertz CT molecular complexity index is 1840. The molecule has 2 aromatic heterocycles. The van der Waals surface area contributed by atoms with Crippen LogP contribution in [0.25, 0.3) is 21.8 Å². The number of likely N-dealkylation sites (tertiary alicyclic amines) is 1. The van der Waals surface area contributed by atoms with Gasteiger partial charge in [-0.3, -0.25) is 4.79 Å². The maximum atomic E-state index is 14.9. The number of carbonyl (C=O) groups excluding carboxylic acids is 1. The summed E-state index contributed by atoms with van der Waals surface area (Å²) in [5.41, 5.74) is 2.00. The summed E-state index contributed by atoms with van der Waals surface area (Å²) < 4.78 is 49.1. The van der Waals surface area contributed by atoms with E-state index in [0.717, 1.165) is 47.9 Å². The number of nitrogens with one attached hydrogen (secondary N) is 2. The summed E-state index contributed by atoms with van der Waals surface area (Å²) in [6, 6.07) is 16.5. The Morgan fingerprint density at radius 2 is 1.69 bits per heavy atom. The summed E-state index contributed by atoms with van der Waals surface area (Å²) in [7, 11) is 2.06. The van der Waals surface area contributed by atoms with Crippen molar-refractivity contribution in [2.24, 2.45) is 0 Å². The molecule has 1 saturated heterocycles. The van der Waals surface area contributed by atoms with Gasteiger partial charge in [-0.2, -0.15) is 0 Å². The van der Waals surface area contributed by atoms with Crippen LogP contribution in [0, 0.1) is 24.4 Å². The molecule has 0 spiro atoms. The number of anilines is 3. The lowest BCUT2D eigenvalue weighted by atomic mass is 10.1. The maximum Gasteiger partial charge on any atom is 0.261 e. The number of carbonyl (C=O) groups is 1. The van der Waals surface area contributed by atoms with E-state index >= 15 is 0 Å². The van der Waals surface area contributed by atoms with Crippen molar-refractivity contribution in [3.63, 3.8) is 0 Å². The third kappa shape index (κ3) is 6.97. The summed E-state index contributed by atoms with van der Waals surface area (Å²) in [6.07, 6.45) is 3.28. The van der Waals surface area contributed by atoms with E-state index in [1.54, 1.807) is 42.6 Å². The lowest BCUT2D eigenvalue weighted by Crippen LogP contribution is -2.35. The molecule has 6 rings (SSSR count). The molecule has 8 nitrogen and oxygen atoms in total. The van der Waals surface area contributed by atoms with E-state index in [2.05, 4.69) is 37.5 Å². The molecule has 0 unspecified atom stereocenters. The fraction of sp³-hybridized carbons (Fsp3) is 0.212. The van der Waals surface area contributed by atoms with Gasteiger partial charge in [-0.25, -0.2) is 28.1 Å². The van der Waals surface area contributed by atoms with Crippen molar-refractivity contribution in [1.29, 1.82) is 0 Å². The normalized spacial score (nSPS) is 13.9. The summed E-state index contributed by atoms with van der Waals surface area (Å²) in [6.45, 7) is 3.70. The Hall–Kier alpha value is -4.81. The zero-order chi connectivity index (χ0) is 31.5. The molecule has 5 aromatic rings. The van der Waals surface area contributed by atoms with Gasteiger partial charge in [0.15, 0.2) is 11.6 Å². The lowest BCUT2D eigenvalue weighted by molar-refractivity contribution is 0.101. The maximum absolute atomic E-state index is 14.9. The average Bonchev–Trinajstić information content (AvgIpc) is 3.41. The molecule has 12 heteroatoms. The zero-order valence-electron chi connectivity index (χ0n) is 24.5. The van der Waals surface area contributed by atoms with Crippen LogP contribution in [-0.4, -0.2) is 52.0 Å². The number of aryl methyl sites for hydroxylation is 1. The predicted octanol–water partition coefficient (Wildman–Crippen LogP) is 7.46. The molecule has 0 radical (unpaired) electrons. The Kier molecular flexibility index (Phi) is 8.76. The van der Waals surface area contributed by atoms with Gasteiger partial charge in [0, 0.05) is 42.3 Å². The molecule has 1 amide bonds. The lowest BCUT2D eigenvalue weighted by Gasteiger charge is -2.29. The smallest absolute Gasteiger partial charge is 0.261 e. The average molecular weight is 631 g/mol. The van der Waals surface area contributed by atoms with Gasteiger partial charge in [-0.1, -0.05) is 18.2 Å². The fourth-order valence-electron chi connectivity index (χ4n) is 5.08. The van der Waals surface area contributed by atoms with Crippen molar-refractivity contribution < 1.29 is 22.7 Å². The molecule has 1 fully saturated rings. The van der Waals surface area contributed by atoms with E-state index in [9.17, 15) is 18.0 Å². The highest BCUT2D eigenvalue weighted by atomic mass is 32.1. The Morgan fingerprint density at radius 1 is 0.933 bits per heavy atom. The molecule has 0 aliphatic carbocycles. The van der Waals surface area contributed by atoms with Crippen LogP contribution < -0.4 is 15.4 Å². The topological polar surface area (TPSA) is 92.3 Å². The van der Waals surface area contributed by atoms with Crippen molar-refractivity contribution in [2.75, 3.05) is 30.8 Å². The van der Waals surface area contributed by atoms with Crippen molar-refractivity contribution in [3.05, 3.63) is 101 Å². The summed E-state index contributed by atoms with van der Waals surface area (Å²) >= 11 is 1.42. The highest BCUT2D eigenvalue weighted by molar-refractivity contribution is 7.15. The van der Waals surface area contributed by atoms with E-state index < -0.39 is 28.9 Å². The minimum absolute atomic E-state index is 0.0154.